The summed E-state index contributed by atoms with van der Waals surface area (Å²) in [5.74, 6) is 2.00. The summed E-state index contributed by atoms with van der Waals surface area (Å²) >= 11 is 0. The molecule has 0 radical (unpaired) electrons. The van der Waals surface area contributed by atoms with E-state index in [1.165, 1.54) is 90.1 Å². The van der Waals surface area contributed by atoms with E-state index in [-0.39, 0.29) is 0 Å². The first-order valence-electron chi connectivity index (χ1n) is 10.7. The van der Waals surface area contributed by atoms with Gasteiger partial charge in [0.05, 0.1) is 6.61 Å². The molecule has 4 atom stereocenters. The molecule has 3 nitrogen and oxygen atoms in total. The van der Waals surface area contributed by atoms with Crippen LogP contribution in [0.4, 0.5) is 0 Å². The van der Waals surface area contributed by atoms with Crippen LogP contribution in [0.3, 0.4) is 0 Å². The molecular weight excluding hydrogens is 296 g/mol. The van der Waals surface area contributed by atoms with Gasteiger partial charge in [0.25, 0.3) is 0 Å². The minimum absolute atomic E-state index is 0.361. The maximum atomic E-state index is 5.64. The van der Waals surface area contributed by atoms with Gasteiger partial charge in [-0.1, -0.05) is 38.5 Å². The highest BCUT2D eigenvalue weighted by Gasteiger charge is 2.36. The lowest BCUT2D eigenvalue weighted by Crippen LogP contribution is -2.47. The second kappa shape index (κ2) is 9.54. The zero-order valence-corrected chi connectivity index (χ0v) is 16.0. The Kier molecular flexibility index (Phi) is 7.42. The second-order valence-corrected chi connectivity index (χ2v) is 9.04. The fraction of sp³-hybridized carbons (Fsp3) is 1.00. The minimum Gasteiger partial charge on any atom is -0.384 e. The van der Waals surface area contributed by atoms with Crippen molar-refractivity contribution in [3.8, 4) is 0 Å². The largest absolute Gasteiger partial charge is 0.384 e. The van der Waals surface area contributed by atoms with Crippen molar-refractivity contribution in [1.82, 2.24) is 10.6 Å². The van der Waals surface area contributed by atoms with E-state index in [0.717, 1.165) is 25.0 Å². The van der Waals surface area contributed by atoms with Crippen LogP contribution in [-0.4, -0.2) is 39.4 Å². The van der Waals surface area contributed by atoms with Crippen LogP contribution in [0.15, 0.2) is 0 Å². The number of hydrogen-bond donors (Lipinski definition) is 2. The molecule has 1 heterocycles. The predicted molar refractivity (Wildman–Crippen MR) is 101 cm³/mol. The average Bonchev–Trinajstić information content (AvgIpc) is 2.59. The molecule has 1 saturated heterocycles. The summed E-state index contributed by atoms with van der Waals surface area (Å²) in [5, 5.41) is 7.71. The molecule has 140 valence electrons. The summed E-state index contributed by atoms with van der Waals surface area (Å²) < 4.78 is 5.64. The molecule has 0 aromatic rings. The zero-order chi connectivity index (χ0) is 16.7. The van der Waals surface area contributed by atoms with Crippen molar-refractivity contribution < 1.29 is 4.74 Å². The normalized spacial score (nSPS) is 39.6. The van der Waals surface area contributed by atoms with E-state index in [9.17, 15) is 0 Å². The number of hydrogen-bond acceptors (Lipinski definition) is 3. The van der Waals surface area contributed by atoms with Crippen LogP contribution in [0.25, 0.3) is 0 Å². The van der Waals surface area contributed by atoms with Crippen LogP contribution in [0, 0.1) is 17.3 Å². The molecule has 3 fully saturated rings. The second-order valence-electron chi connectivity index (χ2n) is 9.04. The molecule has 2 N–H and O–H groups in total. The summed E-state index contributed by atoms with van der Waals surface area (Å²) in [6.07, 6.45) is 16.9. The van der Waals surface area contributed by atoms with Gasteiger partial charge >= 0.3 is 0 Å². The highest BCUT2D eigenvalue weighted by molar-refractivity contribution is 4.91. The Morgan fingerprint density at radius 3 is 2.62 bits per heavy atom. The molecule has 3 heteroatoms. The van der Waals surface area contributed by atoms with Crippen molar-refractivity contribution >= 4 is 0 Å². The molecule has 0 aromatic heterocycles. The molecule has 0 aromatic carbocycles. The third-order valence-electron chi connectivity index (χ3n) is 6.98. The smallest absolute Gasteiger partial charge is 0.0531 e. The average molecular weight is 337 g/mol. The summed E-state index contributed by atoms with van der Waals surface area (Å²) in [5.41, 5.74) is 0.361. The SMILES string of the molecule is COCC12CCCC(C1)NCCCCC1CCCC(CCNC2)C1. The molecule has 4 bridgehead atoms. The number of fused-ring (bicyclic) bond motifs is 4. The Hall–Kier alpha value is -0.120. The van der Waals surface area contributed by atoms with Crippen LogP contribution in [-0.2, 0) is 4.74 Å². The third kappa shape index (κ3) is 5.44. The standard InChI is InChI=1S/C21H40N2O/c1-24-17-21-11-5-9-20(15-21)23-12-3-2-6-18-7-4-8-19(14-18)10-13-22-16-21/h18-20,22-23H,2-17H2,1H3. The van der Waals surface area contributed by atoms with Crippen LogP contribution in [0.1, 0.15) is 77.0 Å². The Labute approximate surface area is 149 Å². The number of ether oxygens (including phenoxy) is 1. The lowest BCUT2D eigenvalue weighted by Gasteiger charge is -2.41. The monoisotopic (exact) mass is 336 g/mol. The zero-order valence-electron chi connectivity index (χ0n) is 16.0. The van der Waals surface area contributed by atoms with Crippen molar-refractivity contribution in [2.45, 2.75) is 83.1 Å². The van der Waals surface area contributed by atoms with Crippen molar-refractivity contribution in [2.75, 3.05) is 33.4 Å². The van der Waals surface area contributed by atoms with E-state index >= 15 is 0 Å². The Bertz CT molecular complexity index is 358. The fourth-order valence-electron chi connectivity index (χ4n) is 5.72. The molecular formula is C21H40N2O. The quantitative estimate of drug-likeness (QED) is 0.796. The lowest BCUT2D eigenvalue weighted by molar-refractivity contribution is 0.0372. The van der Waals surface area contributed by atoms with Crippen LogP contribution in [0.5, 0.6) is 0 Å². The van der Waals surface area contributed by atoms with Gasteiger partial charge in [-0.2, -0.15) is 0 Å². The molecule has 2 aliphatic carbocycles. The van der Waals surface area contributed by atoms with Gasteiger partial charge in [0.1, 0.15) is 0 Å². The molecule has 24 heavy (non-hydrogen) atoms. The van der Waals surface area contributed by atoms with E-state index in [2.05, 4.69) is 10.6 Å². The summed E-state index contributed by atoms with van der Waals surface area (Å²) in [4.78, 5) is 0. The summed E-state index contributed by atoms with van der Waals surface area (Å²) in [6.45, 7) is 4.50. The Morgan fingerprint density at radius 1 is 0.917 bits per heavy atom. The number of methoxy groups -OCH3 is 1. The van der Waals surface area contributed by atoms with E-state index in [1.807, 2.05) is 7.11 Å². The summed E-state index contributed by atoms with van der Waals surface area (Å²) in [6, 6.07) is 0.708. The van der Waals surface area contributed by atoms with Gasteiger partial charge < -0.3 is 15.4 Å². The van der Waals surface area contributed by atoms with Gasteiger partial charge in [-0.3, -0.25) is 0 Å². The van der Waals surface area contributed by atoms with Crippen molar-refractivity contribution in [2.24, 2.45) is 17.3 Å². The van der Waals surface area contributed by atoms with Crippen molar-refractivity contribution in [1.29, 1.82) is 0 Å². The Morgan fingerprint density at radius 2 is 1.75 bits per heavy atom. The van der Waals surface area contributed by atoms with E-state index < -0.39 is 0 Å². The minimum atomic E-state index is 0.361. The lowest BCUT2D eigenvalue weighted by atomic mass is 9.72. The predicted octanol–water partition coefficient (Wildman–Crippen LogP) is 4.12. The molecule has 3 rings (SSSR count). The molecule has 1 aliphatic heterocycles. The van der Waals surface area contributed by atoms with Crippen molar-refractivity contribution in [3.63, 3.8) is 0 Å². The van der Waals surface area contributed by atoms with Crippen LogP contribution < -0.4 is 10.6 Å². The Balaban J connectivity index is 1.59. The van der Waals surface area contributed by atoms with Gasteiger partial charge in [-0.15, -0.1) is 0 Å². The number of nitrogens with one attached hydrogen (secondary N) is 2. The van der Waals surface area contributed by atoms with Gasteiger partial charge in [0.2, 0.25) is 0 Å². The first-order valence-corrected chi connectivity index (χ1v) is 10.7. The first-order chi connectivity index (χ1) is 11.8. The molecule has 4 unspecified atom stereocenters. The van der Waals surface area contributed by atoms with Crippen molar-refractivity contribution in [3.05, 3.63) is 0 Å². The molecule has 0 amide bonds. The third-order valence-corrected chi connectivity index (χ3v) is 6.98. The maximum Gasteiger partial charge on any atom is 0.0531 e. The number of rotatable bonds is 2. The molecule has 3 aliphatic rings. The molecule has 2 saturated carbocycles. The maximum absolute atomic E-state index is 5.64. The summed E-state index contributed by atoms with van der Waals surface area (Å²) in [7, 11) is 1.88. The van der Waals surface area contributed by atoms with Gasteiger partial charge in [-0.05, 0) is 63.5 Å². The molecule has 0 spiro atoms. The van der Waals surface area contributed by atoms with Gasteiger partial charge in [0.15, 0.2) is 0 Å². The van der Waals surface area contributed by atoms with Crippen LogP contribution in [0.2, 0.25) is 0 Å². The van der Waals surface area contributed by atoms with E-state index in [1.54, 1.807) is 0 Å². The topological polar surface area (TPSA) is 33.3 Å². The first kappa shape index (κ1) is 18.7. The van der Waals surface area contributed by atoms with Gasteiger partial charge in [0, 0.05) is 25.1 Å². The van der Waals surface area contributed by atoms with Gasteiger partial charge in [-0.25, -0.2) is 0 Å². The highest BCUT2D eigenvalue weighted by atomic mass is 16.5. The van der Waals surface area contributed by atoms with E-state index in [0.29, 0.717) is 11.5 Å². The van der Waals surface area contributed by atoms with E-state index in [4.69, 9.17) is 4.74 Å². The highest BCUT2D eigenvalue weighted by Crippen LogP contribution is 2.37. The fourth-order valence-corrected chi connectivity index (χ4v) is 5.72. The van der Waals surface area contributed by atoms with Crippen LogP contribution >= 0.6 is 0 Å².